The van der Waals surface area contributed by atoms with Gasteiger partial charge in [0.2, 0.25) is 0 Å². The summed E-state index contributed by atoms with van der Waals surface area (Å²) < 4.78 is 13.9. The Morgan fingerprint density at radius 3 is 1.48 bits per heavy atom. The zero-order valence-corrected chi connectivity index (χ0v) is 37.4. The van der Waals surface area contributed by atoms with E-state index in [-0.39, 0.29) is 44.6 Å². The third-order valence-corrected chi connectivity index (χ3v) is 9.91. The molecule has 0 bridgehead atoms. The van der Waals surface area contributed by atoms with Crippen LogP contribution < -0.4 is 56.1 Å². The van der Waals surface area contributed by atoms with Gasteiger partial charge < -0.3 is 30.5 Å². The summed E-state index contributed by atoms with van der Waals surface area (Å²) in [5.74, 6) is 0.243. The molecule has 4 aromatic rings. The van der Waals surface area contributed by atoms with E-state index in [0.717, 1.165) is 22.7 Å². The fraction of sp³-hybridized carbons (Fsp3) is 0.302. The summed E-state index contributed by atoms with van der Waals surface area (Å²) in [7, 11) is 0. The number of hydrogen-bond acceptors (Lipinski definition) is 14. The smallest absolute Gasteiger partial charge is 0.412 e. The zero-order chi connectivity index (χ0) is 47.1. The number of carbonyl (C=O) groups is 4. The molecule has 0 radical (unpaired) electrons. The summed E-state index contributed by atoms with van der Waals surface area (Å²) in [6.45, 7) is 14.5. The van der Waals surface area contributed by atoms with Gasteiger partial charge in [0.25, 0.3) is 17.0 Å². The number of thiazole rings is 2. The highest BCUT2D eigenvalue weighted by atomic mass is 32.1. The highest BCUT2D eigenvalue weighted by Gasteiger charge is 2.19. The summed E-state index contributed by atoms with van der Waals surface area (Å²) in [5, 5.41) is 41.4. The number of amides is 3. The van der Waals surface area contributed by atoms with Gasteiger partial charge in [-0.15, -0.1) is 29.1 Å². The molecule has 0 atom stereocenters. The molecule has 0 saturated heterocycles. The number of carboxylic acids is 1. The molecular weight excluding hydrogens is 851 g/mol. The first kappa shape index (κ1) is 49.8. The number of hydrogen-bond donors (Lipinski definition) is 6. The predicted octanol–water partition coefficient (Wildman–Crippen LogP) is 3.44. The third-order valence-electron chi connectivity index (χ3n) is 7.65. The number of aromatic nitrogens is 2. The van der Waals surface area contributed by atoms with E-state index in [1.54, 1.807) is 110 Å². The van der Waals surface area contributed by atoms with Crippen LogP contribution in [0, 0.1) is 35.0 Å². The van der Waals surface area contributed by atoms with Gasteiger partial charge in [0, 0.05) is 48.2 Å². The average molecular weight is 898 g/mol. The Balaban J connectivity index is 0.000000337. The van der Waals surface area contributed by atoms with Crippen molar-refractivity contribution < 1.29 is 33.8 Å². The van der Waals surface area contributed by atoms with Gasteiger partial charge in [-0.2, -0.15) is 10.5 Å². The molecule has 0 unspecified atom stereocenters. The lowest BCUT2D eigenvalue weighted by Crippen LogP contribution is -2.34. The Hall–Kier alpha value is -7.60. The molecule has 0 aliphatic rings. The van der Waals surface area contributed by atoms with Crippen LogP contribution in [-0.2, 0) is 32.2 Å². The second-order valence-corrected chi connectivity index (χ2v) is 16.9. The molecule has 0 aliphatic heterocycles. The highest BCUT2D eigenvalue weighted by Crippen LogP contribution is 2.18. The fourth-order valence-electron chi connectivity index (χ4n) is 5.10. The second kappa shape index (κ2) is 22.3. The number of nitriles is 2. The topological polar surface area (TPSA) is 259 Å². The summed E-state index contributed by atoms with van der Waals surface area (Å²) in [6, 6.07) is 17.1. The average Bonchev–Trinajstić information content (AvgIpc) is 3.68. The molecule has 3 amide bonds. The number of terminal acetylenes is 1. The van der Waals surface area contributed by atoms with Crippen molar-refractivity contribution in [2.45, 2.75) is 79.7 Å². The van der Waals surface area contributed by atoms with Crippen LogP contribution in [0.4, 0.5) is 32.3 Å². The minimum absolute atomic E-state index is 0.0278. The molecule has 6 N–H and O–H groups in total. The standard InChI is InChI=1S/C23H25N5O4S.C20H22N4O5S/c1-6-11-25-19(29)17(13-24)21-28(7-2)20(30)18(33-21)14-26-15-9-8-10-16(12-15)27-22(31)32-23(3,4)5;1-5-24-16(25)15(30-17(24)14(10-21)18(26)27)11-22-12-7-6-8-13(9-12)23-19(28)29-20(2,3)4/h1,8-10,12,14,26H,7,11H2,2-5H3,(H,25,29)(H,27,31);6-9,11,22H,5H2,1-4H3,(H,23,28)(H,26,27). The van der Waals surface area contributed by atoms with Gasteiger partial charge in [-0.05, 0) is 91.8 Å². The Kier molecular flexibility index (Phi) is 17.6. The molecule has 0 fully saturated rings. The van der Waals surface area contributed by atoms with E-state index in [0.29, 0.717) is 27.3 Å². The molecule has 2 heterocycles. The molecule has 2 aromatic heterocycles. The fourth-order valence-corrected chi connectivity index (χ4v) is 7.27. The second-order valence-electron chi connectivity index (χ2n) is 14.8. The van der Waals surface area contributed by atoms with E-state index in [1.165, 1.54) is 21.5 Å². The molecule has 0 saturated carbocycles. The Morgan fingerprint density at radius 1 is 0.730 bits per heavy atom. The lowest BCUT2D eigenvalue weighted by atomic mass is 10.2. The number of aliphatic carboxylic acids is 1. The maximum atomic E-state index is 12.8. The van der Waals surface area contributed by atoms with Crippen molar-refractivity contribution in [3.63, 3.8) is 0 Å². The molecule has 18 nitrogen and oxygen atoms in total. The van der Waals surface area contributed by atoms with Crippen LogP contribution in [0.3, 0.4) is 0 Å². The van der Waals surface area contributed by atoms with Crippen LogP contribution in [0.5, 0.6) is 0 Å². The molecule has 63 heavy (non-hydrogen) atoms. The molecule has 2 aromatic carbocycles. The minimum Gasteiger partial charge on any atom is -0.477 e. The number of ether oxygens (including phenoxy) is 2. The normalized spacial score (nSPS) is 12.5. The third kappa shape index (κ3) is 14.8. The summed E-state index contributed by atoms with van der Waals surface area (Å²) >= 11 is 1.93. The number of carbonyl (C=O) groups excluding carboxylic acids is 3. The van der Waals surface area contributed by atoms with Crippen molar-refractivity contribution in [3.05, 3.63) is 87.6 Å². The van der Waals surface area contributed by atoms with Crippen LogP contribution in [0.2, 0.25) is 0 Å². The Bertz CT molecular complexity index is 2880. The monoisotopic (exact) mass is 897 g/mol. The number of anilines is 4. The quantitative estimate of drug-likeness (QED) is 0.118. The van der Waals surface area contributed by atoms with Crippen molar-refractivity contribution >= 4 is 93.0 Å². The largest absolute Gasteiger partial charge is 0.477 e. The number of nitrogens with one attached hydrogen (secondary N) is 5. The van der Waals surface area contributed by atoms with Crippen molar-refractivity contribution in [3.8, 4) is 24.5 Å². The van der Waals surface area contributed by atoms with Gasteiger partial charge in [0.05, 0.1) is 6.54 Å². The van der Waals surface area contributed by atoms with Gasteiger partial charge in [-0.1, -0.05) is 18.1 Å². The summed E-state index contributed by atoms with van der Waals surface area (Å²) in [5.41, 5.74) is -0.468. The number of benzene rings is 2. The number of carboxylic acid groups (broad SMARTS) is 1. The van der Waals surface area contributed by atoms with Crippen molar-refractivity contribution in [2.24, 2.45) is 0 Å². The first-order valence-electron chi connectivity index (χ1n) is 19.0. The predicted molar refractivity (Wildman–Crippen MR) is 243 cm³/mol. The highest BCUT2D eigenvalue weighted by molar-refractivity contribution is 7.08. The molecule has 20 heteroatoms. The van der Waals surface area contributed by atoms with E-state index >= 15 is 0 Å². The van der Waals surface area contributed by atoms with Crippen molar-refractivity contribution in [1.82, 2.24) is 14.5 Å². The van der Waals surface area contributed by atoms with Gasteiger partial charge in [-0.25, -0.2) is 14.4 Å². The number of nitrogens with zero attached hydrogens (tertiary/aromatic N) is 4. The van der Waals surface area contributed by atoms with E-state index in [2.05, 4.69) is 32.5 Å². The van der Waals surface area contributed by atoms with Gasteiger partial charge >= 0.3 is 18.2 Å². The maximum absolute atomic E-state index is 12.8. The van der Waals surface area contributed by atoms with Gasteiger partial charge in [-0.3, -0.25) is 34.2 Å². The van der Waals surface area contributed by atoms with Crippen LogP contribution in [0.15, 0.2) is 58.1 Å². The van der Waals surface area contributed by atoms with Crippen LogP contribution in [0.25, 0.3) is 23.5 Å². The van der Waals surface area contributed by atoms with E-state index in [1.807, 2.05) is 6.07 Å². The van der Waals surface area contributed by atoms with Crippen molar-refractivity contribution in [2.75, 3.05) is 27.8 Å². The Morgan fingerprint density at radius 2 is 1.13 bits per heavy atom. The van der Waals surface area contributed by atoms with Crippen LogP contribution in [-0.4, -0.2) is 56.1 Å². The maximum Gasteiger partial charge on any atom is 0.412 e. The lowest BCUT2D eigenvalue weighted by Gasteiger charge is -2.19. The molecule has 330 valence electrons. The SMILES string of the molecule is C#CCNC(=O)C(C#N)=c1sc(=CNc2cccc(NC(=O)OC(C)(C)C)c2)c(=O)n1CC.CCn1c(=C(C#N)C(=O)O)sc(=CNc2cccc(NC(=O)OC(C)(C)C)c2)c1=O. The summed E-state index contributed by atoms with van der Waals surface area (Å²) in [6.07, 6.45) is 6.90. The van der Waals surface area contributed by atoms with Gasteiger partial charge in [0.1, 0.15) is 41.7 Å². The molecule has 0 aliphatic carbocycles. The van der Waals surface area contributed by atoms with E-state index < -0.39 is 46.4 Å². The first-order chi connectivity index (χ1) is 29.6. The van der Waals surface area contributed by atoms with Crippen LogP contribution >= 0.6 is 22.7 Å². The Labute approximate surface area is 370 Å². The van der Waals surface area contributed by atoms with Crippen molar-refractivity contribution in [1.29, 1.82) is 10.5 Å². The van der Waals surface area contributed by atoms with Crippen LogP contribution in [0.1, 0.15) is 55.4 Å². The lowest BCUT2D eigenvalue weighted by molar-refractivity contribution is -0.130. The zero-order valence-electron chi connectivity index (χ0n) is 35.8. The van der Waals surface area contributed by atoms with E-state index in [9.17, 15) is 39.1 Å². The van der Waals surface area contributed by atoms with Gasteiger partial charge in [0.15, 0.2) is 11.1 Å². The minimum atomic E-state index is -1.39. The summed E-state index contributed by atoms with van der Waals surface area (Å²) in [4.78, 5) is 72.7. The number of rotatable bonds is 11. The molecular formula is C43H47N9O9S2. The molecule has 4 rings (SSSR count). The van der Waals surface area contributed by atoms with E-state index in [4.69, 9.17) is 21.2 Å². The first-order valence-corrected chi connectivity index (χ1v) is 20.6. The molecule has 0 spiro atoms.